The molecule has 2 nitrogen and oxygen atoms in total. The number of ether oxygens (including phenoxy) is 1. The van der Waals surface area contributed by atoms with Gasteiger partial charge in [0, 0.05) is 24.4 Å². The maximum atomic E-state index is 6.31. The second-order valence-corrected chi connectivity index (χ2v) is 5.16. The van der Waals surface area contributed by atoms with Crippen LogP contribution in [-0.2, 0) is 11.2 Å². The fraction of sp³-hybridized carbons (Fsp3) is 0.583. The normalized spacial score (nSPS) is 22.2. The Kier molecular flexibility index (Phi) is 4.45. The lowest BCUT2D eigenvalue weighted by Crippen LogP contribution is -2.15. The van der Waals surface area contributed by atoms with Crippen LogP contribution >= 0.6 is 23.2 Å². The zero-order valence-electron chi connectivity index (χ0n) is 9.03. The summed E-state index contributed by atoms with van der Waals surface area (Å²) in [6.45, 7) is 0.879. The van der Waals surface area contributed by atoms with E-state index in [1.54, 1.807) is 12.4 Å². The minimum Gasteiger partial charge on any atom is -0.378 e. The lowest BCUT2D eigenvalue weighted by atomic mass is 10.0. The first-order valence-corrected chi connectivity index (χ1v) is 6.41. The molecule has 0 N–H and O–H groups in total. The molecule has 16 heavy (non-hydrogen) atoms. The number of nitrogens with zero attached hydrogens (tertiary/aromatic N) is 1. The summed E-state index contributed by atoms with van der Waals surface area (Å²) in [5.41, 5.74) is 1.06. The van der Waals surface area contributed by atoms with E-state index in [0.29, 0.717) is 11.1 Å². The molecule has 88 valence electrons. The Balaban J connectivity index is 1.86. The first-order chi connectivity index (χ1) is 7.75. The van der Waals surface area contributed by atoms with Crippen molar-refractivity contribution >= 4 is 23.2 Å². The fourth-order valence-corrected chi connectivity index (χ4v) is 2.57. The van der Waals surface area contributed by atoms with Gasteiger partial charge in [-0.2, -0.15) is 0 Å². The maximum absolute atomic E-state index is 6.31. The van der Waals surface area contributed by atoms with Gasteiger partial charge in [-0.05, 0) is 37.3 Å². The molecule has 2 rings (SSSR count). The molecule has 0 aliphatic carbocycles. The van der Waals surface area contributed by atoms with Gasteiger partial charge < -0.3 is 4.74 Å². The van der Waals surface area contributed by atoms with E-state index >= 15 is 0 Å². The summed E-state index contributed by atoms with van der Waals surface area (Å²) in [5, 5.41) is 0.781. The molecule has 2 heterocycles. The summed E-state index contributed by atoms with van der Waals surface area (Å²) in [7, 11) is 0. The molecule has 1 aliphatic rings. The van der Waals surface area contributed by atoms with Crippen molar-refractivity contribution in [2.45, 2.75) is 37.2 Å². The number of hydrogen-bond acceptors (Lipinski definition) is 2. The molecule has 2 atom stereocenters. The van der Waals surface area contributed by atoms with Crippen LogP contribution in [0.5, 0.6) is 0 Å². The molecule has 0 radical (unpaired) electrons. The summed E-state index contributed by atoms with van der Waals surface area (Å²) in [6.07, 6.45) is 7.72. The van der Waals surface area contributed by atoms with Gasteiger partial charge in [-0.15, -0.1) is 11.6 Å². The highest BCUT2D eigenvalue weighted by Gasteiger charge is 2.20. The number of pyridine rings is 1. The fourth-order valence-electron chi connectivity index (χ4n) is 2.01. The van der Waals surface area contributed by atoms with Gasteiger partial charge in [-0.25, -0.2) is 0 Å². The molecule has 0 amide bonds. The predicted octanol–water partition coefficient (Wildman–Crippen LogP) is 3.45. The van der Waals surface area contributed by atoms with Crippen LogP contribution in [-0.4, -0.2) is 23.1 Å². The standard InChI is InChI=1S/C12H15Cl2NO/c13-10(7-11-2-1-5-16-11)6-9-3-4-15-8-12(9)14/h3-4,8,10-11H,1-2,5-7H2. The van der Waals surface area contributed by atoms with Crippen LogP contribution in [0.2, 0.25) is 5.02 Å². The zero-order chi connectivity index (χ0) is 11.4. The van der Waals surface area contributed by atoms with Crippen molar-refractivity contribution in [3.05, 3.63) is 29.0 Å². The van der Waals surface area contributed by atoms with Gasteiger partial charge in [-0.1, -0.05) is 11.6 Å². The van der Waals surface area contributed by atoms with Crippen molar-refractivity contribution in [1.82, 2.24) is 4.98 Å². The van der Waals surface area contributed by atoms with Crippen LogP contribution in [0.1, 0.15) is 24.8 Å². The number of rotatable bonds is 4. The van der Waals surface area contributed by atoms with E-state index in [-0.39, 0.29) is 5.38 Å². The topological polar surface area (TPSA) is 22.1 Å². The minimum absolute atomic E-state index is 0.0861. The summed E-state index contributed by atoms with van der Waals surface area (Å²) < 4.78 is 5.56. The third kappa shape index (κ3) is 3.34. The summed E-state index contributed by atoms with van der Waals surface area (Å²) in [4.78, 5) is 3.96. The van der Waals surface area contributed by atoms with E-state index in [0.717, 1.165) is 37.9 Å². The summed E-state index contributed by atoms with van der Waals surface area (Å²) >= 11 is 12.3. The molecular formula is C12H15Cl2NO. The monoisotopic (exact) mass is 259 g/mol. The van der Waals surface area contributed by atoms with E-state index in [4.69, 9.17) is 27.9 Å². The highest BCUT2D eigenvalue weighted by molar-refractivity contribution is 6.31. The van der Waals surface area contributed by atoms with E-state index in [1.807, 2.05) is 6.07 Å². The molecule has 0 spiro atoms. The lowest BCUT2D eigenvalue weighted by molar-refractivity contribution is 0.103. The van der Waals surface area contributed by atoms with Crippen LogP contribution in [0, 0.1) is 0 Å². The van der Waals surface area contributed by atoms with Crippen molar-refractivity contribution in [3.63, 3.8) is 0 Å². The number of alkyl halides is 1. The van der Waals surface area contributed by atoms with E-state index in [1.165, 1.54) is 0 Å². The van der Waals surface area contributed by atoms with Gasteiger partial charge in [0.1, 0.15) is 0 Å². The molecule has 1 aromatic rings. The predicted molar refractivity (Wildman–Crippen MR) is 66.2 cm³/mol. The molecule has 2 unspecified atom stereocenters. The first-order valence-electron chi connectivity index (χ1n) is 5.60. The molecule has 1 saturated heterocycles. The number of halogens is 2. The summed E-state index contributed by atoms with van der Waals surface area (Å²) in [6, 6.07) is 1.92. The molecule has 1 aliphatic heterocycles. The molecule has 1 fully saturated rings. The quantitative estimate of drug-likeness (QED) is 0.773. The van der Waals surface area contributed by atoms with Crippen LogP contribution in [0.25, 0.3) is 0 Å². The Labute approximate surface area is 106 Å². The Morgan fingerprint density at radius 3 is 3.12 bits per heavy atom. The molecule has 4 heteroatoms. The third-order valence-corrected chi connectivity index (χ3v) is 3.51. The molecule has 0 saturated carbocycles. The highest BCUT2D eigenvalue weighted by atomic mass is 35.5. The Hall–Kier alpha value is -0.310. The minimum atomic E-state index is 0.0861. The van der Waals surface area contributed by atoms with Gasteiger partial charge in [0.05, 0.1) is 11.1 Å². The number of hydrogen-bond donors (Lipinski definition) is 0. The first kappa shape index (κ1) is 12.2. The second kappa shape index (κ2) is 5.85. The van der Waals surface area contributed by atoms with Crippen LogP contribution in [0.3, 0.4) is 0 Å². The molecular weight excluding hydrogens is 245 g/mol. The average Bonchev–Trinajstić information content (AvgIpc) is 2.74. The Morgan fingerprint density at radius 1 is 1.56 bits per heavy atom. The van der Waals surface area contributed by atoms with Gasteiger partial charge in [-0.3, -0.25) is 4.98 Å². The Morgan fingerprint density at radius 2 is 2.44 bits per heavy atom. The van der Waals surface area contributed by atoms with E-state index < -0.39 is 0 Å². The van der Waals surface area contributed by atoms with Crippen molar-refractivity contribution in [2.75, 3.05) is 6.61 Å². The van der Waals surface area contributed by atoms with Crippen LogP contribution in [0.4, 0.5) is 0 Å². The van der Waals surface area contributed by atoms with Gasteiger partial charge in [0.25, 0.3) is 0 Å². The molecule has 0 bridgehead atoms. The van der Waals surface area contributed by atoms with Gasteiger partial charge >= 0.3 is 0 Å². The lowest BCUT2D eigenvalue weighted by Gasteiger charge is -2.14. The van der Waals surface area contributed by atoms with Crippen LogP contribution < -0.4 is 0 Å². The maximum Gasteiger partial charge on any atom is 0.0621 e. The molecule has 1 aromatic heterocycles. The van der Waals surface area contributed by atoms with Crippen LogP contribution in [0.15, 0.2) is 18.5 Å². The SMILES string of the molecule is Clc1cnccc1CC(Cl)CC1CCCO1. The van der Waals surface area contributed by atoms with Crippen molar-refractivity contribution in [3.8, 4) is 0 Å². The van der Waals surface area contributed by atoms with Crippen molar-refractivity contribution in [2.24, 2.45) is 0 Å². The van der Waals surface area contributed by atoms with Crippen molar-refractivity contribution < 1.29 is 4.74 Å². The highest BCUT2D eigenvalue weighted by Crippen LogP contribution is 2.23. The molecule has 0 aromatic carbocycles. The average molecular weight is 260 g/mol. The van der Waals surface area contributed by atoms with E-state index in [2.05, 4.69) is 4.98 Å². The van der Waals surface area contributed by atoms with Crippen molar-refractivity contribution in [1.29, 1.82) is 0 Å². The van der Waals surface area contributed by atoms with Gasteiger partial charge in [0.15, 0.2) is 0 Å². The largest absolute Gasteiger partial charge is 0.378 e. The third-order valence-electron chi connectivity index (χ3n) is 2.84. The summed E-state index contributed by atoms with van der Waals surface area (Å²) in [5.74, 6) is 0. The van der Waals surface area contributed by atoms with E-state index in [9.17, 15) is 0 Å². The second-order valence-electron chi connectivity index (χ2n) is 4.14. The number of aromatic nitrogens is 1. The zero-order valence-corrected chi connectivity index (χ0v) is 10.5. The van der Waals surface area contributed by atoms with Gasteiger partial charge in [0.2, 0.25) is 0 Å². The Bertz CT molecular complexity index is 340. The smallest absolute Gasteiger partial charge is 0.0621 e.